The van der Waals surface area contributed by atoms with Crippen molar-refractivity contribution in [3.8, 4) is 0 Å². The van der Waals surface area contributed by atoms with Crippen LogP contribution in [-0.2, 0) is 9.53 Å². The van der Waals surface area contributed by atoms with Gasteiger partial charge >= 0.3 is 5.97 Å². The van der Waals surface area contributed by atoms with E-state index in [1.165, 1.54) is 19.3 Å². The molecule has 0 aromatic rings. The molecule has 0 atom stereocenters. The lowest BCUT2D eigenvalue weighted by Crippen LogP contribution is -2.40. The van der Waals surface area contributed by atoms with E-state index in [1.807, 2.05) is 6.92 Å². The van der Waals surface area contributed by atoms with Crippen LogP contribution < -0.4 is 5.32 Å². The summed E-state index contributed by atoms with van der Waals surface area (Å²) in [6, 6.07) is 0. The van der Waals surface area contributed by atoms with Crippen LogP contribution in [0.2, 0.25) is 0 Å². The van der Waals surface area contributed by atoms with Gasteiger partial charge in [0, 0.05) is 6.54 Å². The SMILES string of the molecule is CCOC(=O)CNCC(C)(C)C1CCC1. The summed E-state index contributed by atoms with van der Waals surface area (Å²) >= 11 is 0. The number of carbonyl (C=O) groups is 1. The molecule has 0 saturated heterocycles. The zero-order chi connectivity index (χ0) is 11.3. The van der Waals surface area contributed by atoms with Crippen molar-refractivity contribution in [1.29, 1.82) is 0 Å². The molecule has 1 N–H and O–H groups in total. The number of rotatable bonds is 6. The topological polar surface area (TPSA) is 38.3 Å². The average Bonchev–Trinajstić information content (AvgIpc) is 1.99. The molecule has 0 spiro atoms. The molecular weight excluding hydrogens is 190 g/mol. The third kappa shape index (κ3) is 3.82. The second-order valence-corrected chi connectivity index (χ2v) is 5.02. The molecule has 0 radical (unpaired) electrons. The molecule has 1 aliphatic rings. The fourth-order valence-corrected chi connectivity index (χ4v) is 2.03. The van der Waals surface area contributed by atoms with E-state index in [4.69, 9.17) is 4.74 Å². The number of hydrogen-bond donors (Lipinski definition) is 1. The summed E-state index contributed by atoms with van der Waals surface area (Å²) in [4.78, 5) is 11.1. The van der Waals surface area contributed by atoms with E-state index in [-0.39, 0.29) is 5.97 Å². The summed E-state index contributed by atoms with van der Waals surface area (Å²) in [5.41, 5.74) is 0.310. The largest absolute Gasteiger partial charge is 0.465 e. The van der Waals surface area contributed by atoms with Crippen molar-refractivity contribution in [2.24, 2.45) is 11.3 Å². The van der Waals surface area contributed by atoms with Gasteiger partial charge in [0.25, 0.3) is 0 Å². The molecule has 1 aliphatic carbocycles. The van der Waals surface area contributed by atoms with E-state index < -0.39 is 0 Å². The van der Waals surface area contributed by atoms with Crippen molar-refractivity contribution in [2.75, 3.05) is 19.7 Å². The van der Waals surface area contributed by atoms with Crippen LogP contribution in [0.1, 0.15) is 40.0 Å². The van der Waals surface area contributed by atoms with Crippen LogP contribution in [0.5, 0.6) is 0 Å². The molecule has 3 nitrogen and oxygen atoms in total. The normalized spacial score (nSPS) is 17.3. The standard InChI is InChI=1S/C12H23NO2/c1-4-15-11(14)8-13-9-12(2,3)10-6-5-7-10/h10,13H,4-9H2,1-3H3. The maximum atomic E-state index is 11.1. The highest BCUT2D eigenvalue weighted by Crippen LogP contribution is 2.40. The van der Waals surface area contributed by atoms with Gasteiger partial charge in [-0.1, -0.05) is 20.3 Å². The summed E-state index contributed by atoms with van der Waals surface area (Å²) in [7, 11) is 0. The Morgan fingerprint density at radius 2 is 2.13 bits per heavy atom. The summed E-state index contributed by atoms with van der Waals surface area (Å²) < 4.78 is 4.86. The highest BCUT2D eigenvalue weighted by molar-refractivity contribution is 5.71. The highest BCUT2D eigenvalue weighted by atomic mass is 16.5. The highest BCUT2D eigenvalue weighted by Gasteiger charge is 2.33. The predicted octanol–water partition coefficient (Wildman–Crippen LogP) is 1.97. The van der Waals surface area contributed by atoms with Gasteiger partial charge in [0.2, 0.25) is 0 Å². The van der Waals surface area contributed by atoms with Gasteiger partial charge in [-0.2, -0.15) is 0 Å². The molecular formula is C12H23NO2. The molecule has 88 valence electrons. The van der Waals surface area contributed by atoms with E-state index in [0.717, 1.165) is 12.5 Å². The van der Waals surface area contributed by atoms with E-state index in [0.29, 0.717) is 18.6 Å². The van der Waals surface area contributed by atoms with E-state index in [9.17, 15) is 4.79 Å². The summed E-state index contributed by atoms with van der Waals surface area (Å²) in [6.45, 7) is 8.08. The quantitative estimate of drug-likeness (QED) is 0.685. The van der Waals surface area contributed by atoms with E-state index in [2.05, 4.69) is 19.2 Å². The summed E-state index contributed by atoms with van der Waals surface area (Å²) in [5, 5.41) is 3.18. The number of carbonyl (C=O) groups excluding carboxylic acids is 1. The molecule has 1 fully saturated rings. The van der Waals surface area contributed by atoms with Crippen LogP contribution in [0.15, 0.2) is 0 Å². The molecule has 0 unspecified atom stereocenters. The lowest BCUT2D eigenvalue weighted by atomic mass is 9.67. The lowest BCUT2D eigenvalue weighted by molar-refractivity contribution is -0.142. The van der Waals surface area contributed by atoms with Gasteiger partial charge in [-0.3, -0.25) is 4.79 Å². The van der Waals surface area contributed by atoms with Crippen molar-refractivity contribution in [1.82, 2.24) is 5.32 Å². The molecule has 0 aliphatic heterocycles. The maximum absolute atomic E-state index is 11.1. The lowest BCUT2D eigenvalue weighted by Gasteiger charge is -2.40. The first-order valence-corrected chi connectivity index (χ1v) is 5.92. The van der Waals surface area contributed by atoms with Crippen molar-refractivity contribution >= 4 is 5.97 Å². The Morgan fingerprint density at radius 1 is 1.47 bits per heavy atom. The third-order valence-corrected chi connectivity index (χ3v) is 3.37. The fraction of sp³-hybridized carbons (Fsp3) is 0.917. The molecule has 0 amide bonds. The fourth-order valence-electron chi connectivity index (χ4n) is 2.03. The monoisotopic (exact) mass is 213 g/mol. The van der Waals surface area contributed by atoms with E-state index in [1.54, 1.807) is 0 Å². The second-order valence-electron chi connectivity index (χ2n) is 5.02. The first-order chi connectivity index (χ1) is 7.06. The predicted molar refractivity (Wildman–Crippen MR) is 60.6 cm³/mol. The van der Waals surface area contributed by atoms with Crippen LogP contribution in [0.4, 0.5) is 0 Å². The van der Waals surface area contributed by atoms with Crippen molar-refractivity contribution in [3.63, 3.8) is 0 Å². The molecule has 1 rings (SSSR count). The Balaban J connectivity index is 2.15. The van der Waals surface area contributed by atoms with Gasteiger partial charge in [-0.15, -0.1) is 0 Å². The molecule has 0 aromatic heterocycles. The van der Waals surface area contributed by atoms with Crippen molar-refractivity contribution < 1.29 is 9.53 Å². The van der Waals surface area contributed by atoms with E-state index >= 15 is 0 Å². The molecule has 0 aromatic carbocycles. The minimum atomic E-state index is -0.151. The second kappa shape index (κ2) is 5.50. The number of ether oxygens (including phenoxy) is 1. The zero-order valence-corrected chi connectivity index (χ0v) is 10.1. The van der Waals surface area contributed by atoms with Crippen molar-refractivity contribution in [3.05, 3.63) is 0 Å². The molecule has 15 heavy (non-hydrogen) atoms. The Labute approximate surface area is 92.6 Å². The van der Waals surface area contributed by atoms with Crippen LogP contribution in [0, 0.1) is 11.3 Å². The zero-order valence-electron chi connectivity index (χ0n) is 10.1. The Hall–Kier alpha value is -0.570. The first-order valence-electron chi connectivity index (χ1n) is 5.92. The van der Waals surface area contributed by atoms with Crippen LogP contribution in [0.3, 0.4) is 0 Å². The molecule has 3 heteroatoms. The average molecular weight is 213 g/mol. The molecule has 1 saturated carbocycles. The van der Waals surface area contributed by atoms with Gasteiger partial charge in [0.05, 0.1) is 13.2 Å². The van der Waals surface area contributed by atoms with Gasteiger partial charge in [-0.25, -0.2) is 0 Å². The Morgan fingerprint density at radius 3 is 2.60 bits per heavy atom. The minimum Gasteiger partial charge on any atom is -0.465 e. The Bertz CT molecular complexity index is 210. The number of nitrogens with one attached hydrogen (secondary N) is 1. The smallest absolute Gasteiger partial charge is 0.319 e. The summed E-state index contributed by atoms with van der Waals surface area (Å²) in [5.74, 6) is 0.675. The van der Waals surface area contributed by atoms with Crippen LogP contribution in [-0.4, -0.2) is 25.7 Å². The van der Waals surface area contributed by atoms with Crippen LogP contribution >= 0.6 is 0 Å². The first kappa shape index (κ1) is 12.5. The number of hydrogen-bond acceptors (Lipinski definition) is 3. The third-order valence-electron chi connectivity index (χ3n) is 3.37. The number of esters is 1. The molecule has 0 heterocycles. The molecule has 0 bridgehead atoms. The van der Waals surface area contributed by atoms with Crippen molar-refractivity contribution in [2.45, 2.75) is 40.0 Å². The van der Waals surface area contributed by atoms with Crippen LogP contribution in [0.25, 0.3) is 0 Å². The van der Waals surface area contributed by atoms with Gasteiger partial charge in [0.1, 0.15) is 0 Å². The summed E-state index contributed by atoms with van der Waals surface area (Å²) in [6.07, 6.45) is 4.05. The van der Waals surface area contributed by atoms with Gasteiger partial charge < -0.3 is 10.1 Å². The Kier molecular flexibility index (Phi) is 4.58. The minimum absolute atomic E-state index is 0.151. The van der Waals surface area contributed by atoms with Gasteiger partial charge in [0.15, 0.2) is 0 Å². The maximum Gasteiger partial charge on any atom is 0.319 e. The van der Waals surface area contributed by atoms with Gasteiger partial charge in [-0.05, 0) is 31.1 Å².